The average molecular weight is 523 g/mol. The summed E-state index contributed by atoms with van der Waals surface area (Å²) in [5, 5.41) is 11.5. The highest BCUT2D eigenvalue weighted by Crippen LogP contribution is 2.22. The van der Waals surface area contributed by atoms with Crippen LogP contribution in [-0.2, 0) is 6.61 Å². The summed E-state index contributed by atoms with van der Waals surface area (Å²) in [6.07, 6.45) is 3.18. The summed E-state index contributed by atoms with van der Waals surface area (Å²) in [6, 6.07) is 15.2. The van der Waals surface area contributed by atoms with E-state index in [1.54, 1.807) is 18.6 Å². The average Bonchev–Trinajstić information content (AvgIpc) is 3.38. The zero-order valence-corrected chi connectivity index (χ0v) is 22.3. The molecular weight excluding hydrogens is 488 g/mol. The molecule has 0 aliphatic heterocycles. The predicted molar refractivity (Wildman–Crippen MR) is 146 cm³/mol. The lowest BCUT2D eigenvalue weighted by atomic mass is 9.91. The summed E-state index contributed by atoms with van der Waals surface area (Å²) in [5.41, 5.74) is 2.36. The van der Waals surface area contributed by atoms with E-state index in [1.165, 1.54) is 16.9 Å². The summed E-state index contributed by atoms with van der Waals surface area (Å²) in [6.45, 7) is 4.64. The summed E-state index contributed by atoms with van der Waals surface area (Å²) >= 11 is 1.42. The van der Waals surface area contributed by atoms with Gasteiger partial charge in [-0.2, -0.15) is 0 Å². The van der Waals surface area contributed by atoms with Gasteiger partial charge in [0, 0.05) is 29.2 Å². The van der Waals surface area contributed by atoms with E-state index in [2.05, 4.69) is 46.9 Å². The first-order valence-corrected chi connectivity index (χ1v) is 13.5. The Balaban J connectivity index is 1.18. The summed E-state index contributed by atoms with van der Waals surface area (Å²) in [7, 11) is 1.59. The SMILES string of the molecule is COc1cccc(NC(=O)NC2CCC(NC(=O)c3csc(COc4ccc(C(C)C)cc4)n3)CC2)c1. The molecule has 0 spiro atoms. The number of carbonyl (C=O) groups excluding carboxylic acids is 2. The van der Waals surface area contributed by atoms with Crippen molar-refractivity contribution in [3.63, 3.8) is 0 Å². The largest absolute Gasteiger partial charge is 0.497 e. The normalized spacial score (nSPS) is 17.2. The van der Waals surface area contributed by atoms with Crippen LogP contribution in [0.5, 0.6) is 11.5 Å². The molecule has 1 fully saturated rings. The van der Waals surface area contributed by atoms with Gasteiger partial charge in [0.25, 0.3) is 5.91 Å². The maximum absolute atomic E-state index is 12.7. The lowest BCUT2D eigenvalue weighted by Crippen LogP contribution is -2.45. The van der Waals surface area contributed by atoms with Crippen LogP contribution in [0.3, 0.4) is 0 Å². The first kappa shape index (κ1) is 26.5. The number of carbonyl (C=O) groups is 2. The van der Waals surface area contributed by atoms with Crippen LogP contribution >= 0.6 is 11.3 Å². The van der Waals surface area contributed by atoms with Crippen molar-refractivity contribution in [3.05, 3.63) is 70.2 Å². The smallest absolute Gasteiger partial charge is 0.319 e. The van der Waals surface area contributed by atoms with Crippen LogP contribution < -0.4 is 25.4 Å². The third-order valence-electron chi connectivity index (χ3n) is 6.42. The van der Waals surface area contributed by atoms with Crippen LogP contribution in [0.2, 0.25) is 0 Å². The molecule has 196 valence electrons. The quantitative estimate of drug-likeness (QED) is 0.334. The van der Waals surface area contributed by atoms with E-state index in [9.17, 15) is 9.59 Å². The molecule has 1 aromatic heterocycles. The fraction of sp³-hybridized carbons (Fsp3) is 0.393. The molecule has 0 radical (unpaired) electrons. The second-order valence-electron chi connectivity index (χ2n) is 9.49. The van der Waals surface area contributed by atoms with Gasteiger partial charge in [0.1, 0.15) is 28.8 Å². The summed E-state index contributed by atoms with van der Waals surface area (Å²) in [4.78, 5) is 29.5. The Hall–Kier alpha value is -3.59. The molecule has 1 saturated carbocycles. The molecule has 0 saturated heterocycles. The van der Waals surface area contributed by atoms with E-state index in [-0.39, 0.29) is 24.0 Å². The molecule has 4 rings (SSSR count). The highest BCUT2D eigenvalue weighted by atomic mass is 32.1. The minimum atomic E-state index is -0.242. The van der Waals surface area contributed by atoms with Crippen LogP contribution in [-0.4, -0.2) is 36.1 Å². The second kappa shape index (κ2) is 12.6. The van der Waals surface area contributed by atoms with Gasteiger partial charge < -0.3 is 25.4 Å². The second-order valence-corrected chi connectivity index (χ2v) is 10.4. The van der Waals surface area contributed by atoms with Gasteiger partial charge in [-0.25, -0.2) is 9.78 Å². The van der Waals surface area contributed by atoms with Crippen molar-refractivity contribution in [3.8, 4) is 11.5 Å². The molecular formula is C28H34N4O4S. The Kier molecular flexibility index (Phi) is 9.00. The van der Waals surface area contributed by atoms with E-state index in [0.29, 0.717) is 29.7 Å². The Morgan fingerprint density at radius 3 is 2.38 bits per heavy atom. The molecule has 8 nitrogen and oxygen atoms in total. The molecule has 1 aliphatic carbocycles. The lowest BCUT2D eigenvalue weighted by Gasteiger charge is -2.29. The molecule has 1 aliphatic rings. The predicted octanol–water partition coefficient (Wildman–Crippen LogP) is 5.72. The van der Waals surface area contributed by atoms with Gasteiger partial charge in [-0.3, -0.25) is 4.79 Å². The van der Waals surface area contributed by atoms with Gasteiger partial charge in [-0.1, -0.05) is 32.0 Å². The number of thiazole rings is 1. The molecule has 37 heavy (non-hydrogen) atoms. The topological polar surface area (TPSA) is 102 Å². The molecule has 9 heteroatoms. The van der Waals surface area contributed by atoms with Crippen molar-refractivity contribution in [2.75, 3.05) is 12.4 Å². The number of ether oxygens (including phenoxy) is 2. The van der Waals surface area contributed by atoms with Gasteiger partial charge in [0.2, 0.25) is 0 Å². The monoisotopic (exact) mass is 522 g/mol. The molecule has 3 aromatic rings. The molecule has 0 bridgehead atoms. The Morgan fingerprint density at radius 2 is 1.70 bits per heavy atom. The van der Waals surface area contributed by atoms with Gasteiger partial charge in [-0.05, 0) is 61.4 Å². The molecule has 0 unspecified atom stereocenters. The van der Waals surface area contributed by atoms with Crippen LogP contribution in [0.15, 0.2) is 53.9 Å². The molecule has 3 N–H and O–H groups in total. The number of nitrogens with one attached hydrogen (secondary N) is 3. The van der Waals surface area contributed by atoms with Crippen LogP contribution in [0.1, 0.15) is 66.5 Å². The first-order valence-electron chi connectivity index (χ1n) is 12.6. The third kappa shape index (κ3) is 7.69. The van der Waals surface area contributed by atoms with Gasteiger partial charge in [-0.15, -0.1) is 11.3 Å². The van der Waals surface area contributed by atoms with Crippen molar-refractivity contribution in [2.45, 2.75) is 64.1 Å². The van der Waals surface area contributed by atoms with Crippen LogP contribution in [0.4, 0.5) is 10.5 Å². The maximum Gasteiger partial charge on any atom is 0.319 e. The summed E-state index contributed by atoms with van der Waals surface area (Å²) in [5.74, 6) is 1.78. The van der Waals surface area contributed by atoms with Crippen molar-refractivity contribution >= 4 is 29.0 Å². The molecule has 1 heterocycles. The van der Waals surface area contributed by atoms with Gasteiger partial charge in [0.05, 0.1) is 7.11 Å². The van der Waals surface area contributed by atoms with E-state index >= 15 is 0 Å². The van der Waals surface area contributed by atoms with Crippen molar-refractivity contribution in [2.24, 2.45) is 0 Å². The number of nitrogens with zero attached hydrogens (tertiary/aromatic N) is 1. The molecule has 0 atom stereocenters. The number of hydrogen-bond donors (Lipinski definition) is 3. The van der Waals surface area contributed by atoms with E-state index < -0.39 is 0 Å². The number of rotatable bonds is 9. The molecule has 3 amide bonds. The highest BCUT2D eigenvalue weighted by Gasteiger charge is 2.24. The zero-order valence-electron chi connectivity index (χ0n) is 21.5. The third-order valence-corrected chi connectivity index (χ3v) is 7.24. The number of urea groups is 1. The number of aromatic nitrogens is 1. The standard InChI is InChI=1S/C28H34N4O4S/c1-18(2)19-7-13-23(14-8-19)36-16-26-32-25(17-37-26)27(33)29-20-9-11-21(12-10-20)30-28(34)31-22-5-4-6-24(15-22)35-3/h4-8,13-15,17-18,20-21H,9-12,16H2,1-3H3,(H,29,33)(H2,30,31,34). The minimum Gasteiger partial charge on any atom is -0.497 e. The fourth-order valence-electron chi connectivity index (χ4n) is 4.27. The first-order chi connectivity index (χ1) is 17.9. The number of hydrogen-bond acceptors (Lipinski definition) is 6. The van der Waals surface area contributed by atoms with Crippen molar-refractivity contribution in [1.29, 1.82) is 0 Å². The van der Waals surface area contributed by atoms with Gasteiger partial charge in [0.15, 0.2) is 0 Å². The minimum absolute atomic E-state index is 0.0628. The maximum atomic E-state index is 12.7. The van der Waals surface area contributed by atoms with Gasteiger partial charge >= 0.3 is 6.03 Å². The van der Waals surface area contributed by atoms with Crippen molar-refractivity contribution in [1.82, 2.24) is 15.6 Å². The fourth-order valence-corrected chi connectivity index (χ4v) is 4.96. The summed E-state index contributed by atoms with van der Waals surface area (Å²) < 4.78 is 11.0. The Bertz CT molecular complexity index is 1190. The van der Waals surface area contributed by atoms with E-state index in [1.807, 2.05) is 30.3 Å². The number of benzene rings is 2. The number of methoxy groups -OCH3 is 1. The van der Waals surface area contributed by atoms with Crippen molar-refractivity contribution < 1.29 is 19.1 Å². The van der Waals surface area contributed by atoms with Crippen LogP contribution in [0.25, 0.3) is 0 Å². The van der Waals surface area contributed by atoms with Crippen LogP contribution in [0, 0.1) is 0 Å². The zero-order chi connectivity index (χ0) is 26.2. The Labute approximate surface area is 221 Å². The number of anilines is 1. The Morgan fingerprint density at radius 1 is 1.00 bits per heavy atom. The lowest BCUT2D eigenvalue weighted by molar-refractivity contribution is 0.0919. The number of amides is 3. The van der Waals surface area contributed by atoms with E-state index in [0.717, 1.165) is 36.4 Å². The molecule has 2 aromatic carbocycles. The van der Waals surface area contributed by atoms with E-state index in [4.69, 9.17) is 9.47 Å². The highest BCUT2D eigenvalue weighted by molar-refractivity contribution is 7.09.